The number of rotatable bonds is 6. The minimum absolute atomic E-state index is 0.000478. The average Bonchev–Trinajstić information content (AvgIpc) is 3.35. The zero-order chi connectivity index (χ0) is 24.4. The molecule has 5 nitrogen and oxygen atoms in total. The van der Waals surface area contributed by atoms with Gasteiger partial charge >= 0.3 is 0 Å². The highest BCUT2D eigenvalue weighted by Gasteiger charge is 2.38. The van der Waals surface area contributed by atoms with Gasteiger partial charge in [0.25, 0.3) is 5.91 Å². The number of para-hydroxylation sites is 1. The zero-order valence-electron chi connectivity index (χ0n) is 19.4. The number of ether oxygens (including phenoxy) is 1. The number of hydrogen-bond donors (Lipinski definition) is 0. The average molecular weight is 522 g/mol. The summed E-state index contributed by atoms with van der Waals surface area (Å²) in [6, 6.07) is 23.1. The summed E-state index contributed by atoms with van der Waals surface area (Å²) in [4.78, 5) is 24.0. The summed E-state index contributed by atoms with van der Waals surface area (Å²) in [5.41, 5.74) is 1.79. The molecule has 2 aliphatic rings. The minimum Gasteiger partial charge on any atom is -0.457 e. The van der Waals surface area contributed by atoms with Crippen LogP contribution in [0.1, 0.15) is 19.8 Å². The van der Waals surface area contributed by atoms with Gasteiger partial charge in [-0.1, -0.05) is 54.9 Å². The van der Waals surface area contributed by atoms with Gasteiger partial charge in [0.1, 0.15) is 16.4 Å². The van der Waals surface area contributed by atoms with Crippen molar-refractivity contribution in [3.63, 3.8) is 0 Å². The van der Waals surface area contributed by atoms with Crippen LogP contribution < -0.4 is 9.64 Å². The first-order chi connectivity index (χ1) is 17.0. The molecule has 1 saturated heterocycles. The Labute approximate surface area is 218 Å². The Bertz CT molecular complexity index is 1310. The maximum atomic E-state index is 13.5. The predicted octanol–water partition coefficient (Wildman–Crippen LogP) is 7.91. The predicted molar refractivity (Wildman–Crippen MR) is 147 cm³/mol. The van der Waals surface area contributed by atoms with E-state index in [1.165, 1.54) is 11.8 Å². The summed E-state index contributed by atoms with van der Waals surface area (Å²) < 4.78 is 5.89. The molecule has 0 atom stereocenters. The number of anilines is 1. The number of aliphatic imine (C=N–C) groups is 1. The lowest BCUT2D eigenvalue weighted by Gasteiger charge is -2.16. The van der Waals surface area contributed by atoms with E-state index >= 15 is 0 Å². The number of carbonyl (C=O) groups is 1. The lowest BCUT2D eigenvalue weighted by molar-refractivity contribution is -0.122. The summed E-state index contributed by atoms with van der Waals surface area (Å²) in [7, 11) is 1.97. The zero-order valence-corrected chi connectivity index (χ0v) is 21.8. The molecule has 35 heavy (non-hydrogen) atoms. The second-order valence-electron chi connectivity index (χ2n) is 8.12. The van der Waals surface area contributed by atoms with E-state index in [0.717, 1.165) is 45.6 Å². The molecule has 3 aromatic rings. The molecule has 0 N–H and O–H groups in total. The van der Waals surface area contributed by atoms with E-state index in [1.807, 2.05) is 84.7 Å². The van der Waals surface area contributed by atoms with Crippen LogP contribution in [0, 0.1) is 0 Å². The van der Waals surface area contributed by atoms with Gasteiger partial charge in [-0.2, -0.15) is 0 Å². The second-order valence-corrected chi connectivity index (χ2v) is 10.6. The maximum absolute atomic E-state index is 13.5. The fourth-order valence-corrected chi connectivity index (χ4v) is 6.29. The molecule has 0 unspecified atom stereocenters. The standard InChI is InChI=1S/C27H24ClN3O2S2/c1-3-4-16-31-25(32)24(26-30(2)22-17-18(28)10-15-23(22)34-26)35-27(31)29-19-11-13-21(14-12-19)33-20-8-6-5-7-9-20/h5-15,17H,3-4,16H2,1-2H3. The molecule has 1 amide bonds. The van der Waals surface area contributed by atoms with Gasteiger partial charge in [0, 0.05) is 23.5 Å². The monoisotopic (exact) mass is 521 g/mol. The molecule has 0 aromatic heterocycles. The van der Waals surface area contributed by atoms with Crippen molar-refractivity contribution in [2.24, 2.45) is 4.99 Å². The van der Waals surface area contributed by atoms with E-state index in [4.69, 9.17) is 21.3 Å². The Kier molecular flexibility index (Phi) is 7.09. The van der Waals surface area contributed by atoms with Crippen LogP contribution in [-0.2, 0) is 4.79 Å². The lowest BCUT2D eigenvalue weighted by atomic mass is 10.3. The van der Waals surface area contributed by atoms with Gasteiger partial charge in [0.05, 0.1) is 16.4 Å². The molecule has 3 aromatic carbocycles. The van der Waals surface area contributed by atoms with Crippen LogP contribution >= 0.6 is 35.1 Å². The van der Waals surface area contributed by atoms with E-state index in [1.54, 1.807) is 16.7 Å². The number of benzene rings is 3. The van der Waals surface area contributed by atoms with Gasteiger partial charge in [0.15, 0.2) is 5.17 Å². The van der Waals surface area contributed by atoms with E-state index in [-0.39, 0.29) is 5.91 Å². The van der Waals surface area contributed by atoms with E-state index in [9.17, 15) is 4.79 Å². The fourth-order valence-electron chi connectivity index (χ4n) is 3.77. The third-order valence-electron chi connectivity index (χ3n) is 5.63. The molecule has 5 rings (SSSR count). The van der Waals surface area contributed by atoms with Gasteiger partial charge in [0.2, 0.25) is 0 Å². The van der Waals surface area contributed by atoms with Crippen LogP contribution in [-0.4, -0.2) is 29.6 Å². The number of fused-ring (bicyclic) bond motifs is 1. The van der Waals surface area contributed by atoms with Gasteiger partial charge in [-0.25, -0.2) is 4.99 Å². The van der Waals surface area contributed by atoms with Gasteiger partial charge in [-0.3, -0.25) is 9.69 Å². The van der Waals surface area contributed by atoms with Crippen LogP contribution in [0.4, 0.5) is 11.4 Å². The van der Waals surface area contributed by atoms with Crippen molar-refractivity contribution in [2.45, 2.75) is 24.7 Å². The Morgan fingerprint density at radius 1 is 0.971 bits per heavy atom. The van der Waals surface area contributed by atoms with Crippen molar-refractivity contribution in [1.82, 2.24) is 4.90 Å². The Balaban J connectivity index is 1.42. The van der Waals surface area contributed by atoms with Gasteiger partial charge in [-0.15, -0.1) is 0 Å². The topological polar surface area (TPSA) is 45.1 Å². The molecule has 0 aliphatic carbocycles. The normalized spacial score (nSPS) is 18.5. The first-order valence-corrected chi connectivity index (χ1v) is 13.4. The Hall–Kier alpha value is -2.87. The molecule has 178 valence electrons. The highest BCUT2D eigenvalue weighted by Crippen LogP contribution is 2.50. The number of hydrogen-bond acceptors (Lipinski definition) is 6. The quantitative estimate of drug-likeness (QED) is 0.308. The second kappa shape index (κ2) is 10.4. The van der Waals surface area contributed by atoms with Crippen molar-refractivity contribution in [1.29, 1.82) is 0 Å². The van der Waals surface area contributed by atoms with Crippen LogP contribution in [0.25, 0.3) is 0 Å². The number of thioether (sulfide) groups is 2. The number of halogens is 1. The van der Waals surface area contributed by atoms with Crippen LogP contribution in [0.15, 0.2) is 92.6 Å². The number of carbonyl (C=O) groups excluding carboxylic acids is 1. The van der Waals surface area contributed by atoms with Crippen molar-refractivity contribution in [3.05, 3.63) is 87.8 Å². The largest absolute Gasteiger partial charge is 0.457 e. The Morgan fingerprint density at radius 2 is 1.71 bits per heavy atom. The van der Waals surface area contributed by atoms with E-state index < -0.39 is 0 Å². The van der Waals surface area contributed by atoms with E-state index in [0.29, 0.717) is 21.6 Å². The van der Waals surface area contributed by atoms with Crippen molar-refractivity contribution >= 4 is 57.6 Å². The molecule has 0 spiro atoms. The maximum Gasteiger partial charge on any atom is 0.269 e. The molecular formula is C27H24ClN3O2S2. The molecule has 2 heterocycles. The molecule has 2 aliphatic heterocycles. The summed E-state index contributed by atoms with van der Waals surface area (Å²) in [6.07, 6.45) is 1.91. The first kappa shape index (κ1) is 23.9. The summed E-state index contributed by atoms with van der Waals surface area (Å²) in [5, 5.41) is 2.29. The summed E-state index contributed by atoms with van der Waals surface area (Å²) in [5.74, 6) is 1.52. The van der Waals surface area contributed by atoms with Crippen molar-refractivity contribution in [3.8, 4) is 11.5 Å². The number of unbranched alkanes of at least 4 members (excludes halogenated alkanes) is 1. The van der Waals surface area contributed by atoms with Crippen molar-refractivity contribution < 1.29 is 9.53 Å². The Morgan fingerprint density at radius 3 is 2.46 bits per heavy atom. The number of amides is 1. The summed E-state index contributed by atoms with van der Waals surface area (Å²) >= 11 is 9.25. The highest BCUT2D eigenvalue weighted by atomic mass is 35.5. The third-order valence-corrected chi connectivity index (χ3v) is 8.29. The minimum atomic E-state index is -0.000478. The number of nitrogens with zero attached hydrogens (tertiary/aromatic N) is 3. The SMILES string of the molecule is CCCCN1C(=O)C(=C2Sc3ccc(Cl)cc3N2C)SC1=Nc1ccc(Oc2ccccc2)cc1. The molecule has 0 saturated carbocycles. The van der Waals surface area contributed by atoms with Gasteiger partial charge in [-0.05, 0) is 72.8 Å². The van der Waals surface area contributed by atoms with Gasteiger partial charge < -0.3 is 9.64 Å². The first-order valence-electron chi connectivity index (χ1n) is 11.4. The summed E-state index contributed by atoms with van der Waals surface area (Å²) in [6.45, 7) is 2.76. The molecule has 1 fully saturated rings. The molecule has 0 radical (unpaired) electrons. The van der Waals surface area contributed by atoms with Crippen molar-refractivity contribution in [2.75, 3.05) is 18.5 Å². The molecule has 8 heteroatoms. The smallest absolute Gasteiger partial charge is 0.269 e. The highest BCUT2D eigenvalue weighted by molar-refractivity contribution is 8.19. The lowest BCUT2D eigenvalue weighted by Crippen LogP contribution is -2.30. The third kappa shape index (κ3) is 5.08. The number of amidine groups is 1. The van der Waals surface area contributed by atoms with Crippen LogP contribution in [0.2, 0.25) is 5.02 Å². The van der Waals surface area contributed by atoms with Crippen LogP contribution in [0.3, 0.4) is 0 Å². The van der Waals surface area contributed by atoms with Crippen LogP contribution in [0.5, 0.6) is 11.5 Å². The van der Waals surface area contributed by atoms with E-state index in [2.05, 4.69) is 6.92 Å². The molecule has 0 bridgehead atoms. The molecular weight excluding hydrogens is 498 g/mol. The fraction of sp³-hybridized carbons (Fsp3) is 0.185.